The maximum absolute atomic E-state index is 8.72. The van der Waals surface area contributed by atoms with Gasteiger partial charge in [-0.05, 0) is 0 Å². The molecule has 0 aliphatic heterocycles. The quantitative estimate of drug-likeness (QED) is 0.560. The summed E-state index contributed by atoms with van der Waals surface area (Å²) in [6.45, 7) is 0. The van der Waals surface area contributed by atoms with Crippen molar-refractivity contribution in [3.8, 4) is 5.95 Å². The molecule has 0 bridgehead atoms. The van der Waals surface area contributed by atoms with E-state index in [2.05, 4.69) is 4.98 Å². The maximum Gasteiger partial charge on any atom is 0.308 e. The van der Waals surface area contributed by atoms with Crippen LogP contribution >= 0.6 is 0 Å². The Balaban J connectivity index is 2.92. The summed E-state index contributed by atoms with van der Waals surface area (Å²) in [6, 6.07) is 0. The lowest BCUT2D eigenvalue weighted by Gasteiger charge is -1.70. The molecule has 0 amide bonds. The molecule has 0 unspecified atom stereocenters. The predicted octanol–water partition coefficient (Wildman–Crippen LogP) is 0.633. The zero-order valence-corrected chi connectivity index (χ0v) is 4.48. The van der Waals surface area contributed by atoms with Crippen LogP contribution in [0.2, 0.25) is 0 Å². The Morgan fingerprint density at radius 3 is 3.33 bits per heavy atom. The van der Waals surface area contributed by atoms with Gasteiger partial charge in [0.15, 0.2) is 0 Å². The van der Waals surface area contributed by atoms with Crippen LogP contribution in [0, 0.1) is 0 Å². The summed E-state index contributed by atoms with van der Waals surface area (Å²) in [6.07, 6.45) is 4.74. The first-order valence-electron chi connectivity index (χ1n) is 2.48. The molecule has 9 heavy (non-hydrogen) atoms. The Labute approximate surface area is 50.4 Å². The van der Waals surface area contributed by atoms with E-state index in [1.54, 1.807) is 16.8 Å². The average molecular weight is 124 g/mol. The van der Waals surface area contributed by atoms with Crippen LogP contribution in [0.3, 0.4) is 0 Å². The van der Waals surface area contributed by atoms with Gasteiger partial charge in [-0.15, -0.1) is 0 Å². The standard InChI is InChI=1S/C5H4N2O2/c8-4-3-7-2-1-6-5(7)9-4/h1-3,8H. The summed E-state index contributed by atoms with van der Waals surface area (Å²) in [4.78, 5) is 3.78. The van der Waals surface area contributed by atoms with Crippen LogP contribution < -0.4 is 0 Å². The molecule has 0 aliphatic carbocycles. The van der Waals surface area contributed by atoms with Crippen molar-refractivity contribution >= 4 is 5.84 Å². The van der Waals surface area contributed by atoms with Crippen LogP contribution in [0.5, 0.6) is 5.95 Å². The highest BCUT2D eigenvalue weighted by Gasteiger charge is 1.98. The Hall–Kier alpha value is -1.45. The van der Waals surface area contributed by atoms with E-state index in [0.717, 1.165) is 0 Å². The molecule has 0 aliphatic rings. The molecule has 46 valence electrons. The fraction of sp³-hybridized carbons (Fsp3) is 0. The van der Waals surface area contributed by atoms with E-state index >= 15 is 0 Å². The van der Waals surface area contributed by atoms with Crippen molar-refractivity contribution in [2.24, 2.45) is 0 Å². The largest absolute Gasteiger partial charge is 0.480 e. The predicted molar refractivity (Wildman–Crippen MR) is 29.1 cm³/mol. The van der Waals surface area contributed by atoms with E-state index < -0.39 is 0 Å². The number of fused-ring (bicyclic) bond motifs is 1. The number of imidazole rings is 1. The second-order valence-electron chi connectivity index (χ2n) is 1.69. The van der Waals surface area contributed by atoms with Crippen LogP contribution in [0.4, 0.5) is 0 Å². The van der Waals surface area contributed by atoms with Crippen LogP contribution in [0.25, 0.3) is 5.84 Å². The summed E-state index contributed by atoms with van der Waals surface area (Å²) in [5.74, 6) is 0.297. The first-order valence-corrected chi connectivity index (χ1v) is 2.48. The molecular weight excluding hydrogens is 120 g/mol. The van der Waals surface area contributed by atoms with E-state index in [1.807, 2.05) is 0 Å². The van der Waals surface area contributed by atoms with Crippen molar-refractivity contribution in [2.45, 2.75) is 0 Å². The summed E-state index contributed by atoms with van der Waals surface area (Å²) in [5.41, 5.74) is 0. The lowest BCUT2D eigenvalue weighted by atomic mass is 10.8. The number of aromatic nitrogens is 2. The lowest BCUT2D eigenvalue weighted by molar-refractivity contribution is 0.344. The molecule has 2 heterocycles. The highest BCUT2D eigenvalue weighted by atomic mass is 16.5. The molecule has 0 atom stereocenters. The average Bonchev–Trinajstić information content (AvgIpc) is 2.22. The first kappa shape index (κ1) is 4.43. The van der Waals surface area contributed by atoms with Gasteiger partial charge >= 0.3 is 11.8 Å². The van der Waals surface area contributed by atoms with E-state index in [1.165, 1.54) is 6.20 Å². The Kier molecular flexibility index (Phi) is 0.631. The Morgan fingerprint density at radius 1 is 1.67 bits per heavy atom. The van der Waals surface area contributed by atoms with Gasteiger partial charge in [-0.25, -0.2) is 4.98 Å². The van der Waals surface area contributed by atoms with E-state index in [4.69, 9.17) is 9.52 Å². The van der Waals surface area contributed by atoms with Gasteiger partial charge in [0.2, 0.25) is 0 Å². The van der Waals surface area contributed by atoms with Gasteiger partial charge in [0.25, 0.3) is 0 Å². The second-order valence-corrected chi connectivity index (χ2v) is 1.69. The minimum atomic E-state index is -0.113. The molecule has 2 rings (SSSR count). The van der Waals surface area contributed by atoms with Crippen molar-refractivity contribution in [3.63, 3.8) is 0 Å². The highest BCUT2D eigenvalue weighted by Crippen LogP contribution is 2.12. The topological polar surface area (TPSA) is 50.7 Å². The van der Waals surface area contributed by atoms with Gasteiger partial charge in [0.05, 0.1) is 6.20 Å². The van der Waals surface area contributed by atoms with Gasteiger partial charge in [0.1, 0.15) is 0 Å². The smallest absolute Gasteiger partial charge is 0.308 e. The van der Waals surface area contributed by atoms with E-state index in [-0.39, 0.29) is 5.95 Å². The normalized spacial score (nSPS) is 10.7. The number of hydrogen-bond donors (Lipinski definition) is 1. The molecule has 2 aromatic rings. The Morgan fingerprint density at radius 2 is 2.56 bits per heavy atom. The van der Waals surface area contributed by atoms with Gasteiger partial charge in [-0.1, -0.05) is 0 Å². The third kappa shape index (κ3) is 0.495. The molecule has 1 N–H and O–H groups in total. The van der Waals surface area contributed by atoms with Crippen molar-refractivity contribution in [1.29, 1.82) is 0 Å². The molecule has 2 aromatic heterocycles. The zero-order chi connectivity index (χ0) is 6.27. The third-order valence-electron chi connectivity index (χ3n) is 1.08. The highest BCUT2D eigenvalue weighted by molar-refractivity contribution is 5.25. The summed E-state index contributed by atoms with van der Waals surface area (Å²) in [7, 11) is 0. The molecule has 0 saturated heterocycles. The van der Waals surface area contributed by atoms with Crippen LogP contribution in [0.15, 0.2) is 23.0 Å². The molecule has 0 radical (unpaired) electrons. The molecule has 4 nitrogen and oxygen atoms in total. The van der Waals surface area contributed by atoms with E-state index in [9.17, 15) is 0 Å². The van der Waals surface area contributed by atoms with Crippen LogP contribution in [-0.4, -0.2) is 14.5 Å². The van der Waals surface area contributed by atoms with Gasteiger partial charge in [0, 0.05) is 12.4 Å². The summed E-state index contributed by atoms with van der Waals surface area (Å²) < 4.78 is 6.31. The zero-order valence-electron chi connectivity index (χ0n) is 4.48. The molecule has 4 heteroatoms. The molecule has 0 spiro atoms. The third-order valence-corrected chi connectivity index (χ3v) is 1.08. The number of rotatable bonds is 0. The first-order chi connectivity index (χ1) is 4.36. The van der Waals surface area contributed by atoms with Crippen molar-refractivity contribution in [2.75, 3.05) is 0 Å². The maximum atomic E-state index is 8.72. The Bertz CT molecular complexity index is 294. The minimum absolute atomic E-state index is 0.113. The number of oxazole rings is 1. The number of hydrogen-bond acceptors (Lipinski definition) is 3. The molecule has 0 saturated carbocycles. The monoisotopic (exact) mass is 124 g/mol. The number of aromatic hydroxyl groups is 1. The van der Waals surface area contributed by atoms with E-state index in [0.29, 0.717) is 5.84 Å². The van der Waals surface area contributed by atoms with Gasteiger partial charge in [-0.2, -0.15) is 0 Å². The van der Waals surface area contributed by atoms with Crippen LogP contribution in [0.1, 0.15) is 0 Å². The van der Waals surface area contributed by atoms with Crippen LogP contribution in [-0.2, 0) is 0 Å². The van der Waals surface area contributed by atoms with Crippen molar-refractivity contribution < 1.29 is 9.52 Å². The van der Waals surface area contributed by atoms with Crippen molar-refractivity contribution in [3.05, 3.63) is 18.6 Å². The SMILES string of the molecule is Oc1cn2ccnc2o1. The minimum Gasteiger partial charge on any atom is -0.480 e. The fourth-order valence-corrected chi connectivity index (χ4v) is 0.716. The number of nitrogens with zero attached hydrogens (tertiary/aromatic N) is 2. The summed E-state index contributed by atoms with van der Waals surface area (Å²) >= 11 is 0. The summed E-state index contributed by atoms with van der Waals surface area (Å²) in [5, 5.41) is 8.72. The lowest BCUT2D eigenvalue weighted by Crippen LogP contribution is -1.67. The molecule has 0 aromatic carbocycles. The second kappa shape index (κ2) is 1.28. The molecular formula is C5H4N2O2. The fourth-order valence-electron chi connectivity index (χ4n) is 0.716. The van der Waals surface area contributed by atoms with Gasteiger partial charge in [-0.3, -0.25) is 4.40 Å². The molecule has 0 fully saturated rings. The van der Waals surface area contributed by atoms with Crippen molar-refractivity contribution in [1.82, 2.24) is 9.38 Å². The van der Waals surface area contributed by atoms with Gasteiger partial charge < -0.3 is 9.52 Å².